The maximum Gasteiger partial charge on any atom is 0.307 e. The molecule has 76 valence electrons. The first-order chi connectivity index (χ1) is 7.25. The lowest BCUT2D eigenvalue weighted by atomic mass is 10.3. The van der Waals surface area contributed by atoms with Crippen LogP contribution >= 0.6 is 0 Å². The predicted octanol–water partition coefficient (Wildman–Crippen LogP) is 1.03. The first-order valence-electron chi connectivity index (χ1n) is 3.93. The van der Waals surface area contributed by atoms with E-state index in [1.165, 1.54) is 12.1 Å². The van der Waals surface area contributed by atoms with Crippen LogP contribution in [-0.4, -0.2) is 30.8 Å². The van der Waals surface area contributed by atoms with E-state index in [1.54, 1.807) is 0 Å². The molecule has 1 heterocycles. The molecule has 0 spiro atoms. The van der Waals surface area contributed by atoms with Gasteiger partial charge in [0.05, 0.1) is 0 Å². The van der Waals surface area contributed by atoms with Crippen molar-refractivity contribution < 1.29 is 10.2 Å². The van der Waals surface area contributed by atoms with E-state index in [1.807, 2.05) is 0 Å². The summed E-state index contributed by atoms with van der Waals surface area (Å²) in [4.78, 5) is 0. The smallest absolute Gasteiger partial charge is 0.307 e. The summed E-state index contributed by atoms with van der Waals surface area (Å²) in [6, 6.07) is 3.95. The second-order valence-electron chi connectivity index (χ2n) is 2.58. The first kappa shape index (κ1) is 9.06. The van der Waals surface area contributed by atoms with Crippen LogP contribution in [0.2, 0.25) is 0 Å². The maximum atomic E-state index is 9.34. The van der Waals surface area contributed by atoms with Gasteiger partial charge in [0.25, 0.3) is 0 Å². The van der Waals surface area contributed by atoms with Crippen molar-refractivity contribution in [1.82, 2.24) is 20.6 Å². The average Bonchev–Trinajstić information content (AvgIpc) is 2.69. The van der Waals surface area contributed by atoms with Crippen LogP contribution in [0.1, 0.15) is 0 Å². The second kappa shape index (κ2) is 3.70. The number of tetrazole rings is 1. The summed E-state index contributed by atoms with van der Waals surface area (Å²) in [5.74, 6) is -0.171. The largest absolute Gasteiger partial charge is 0.508 e. The predicted molar refractivity (Wildman–Crippen MR) is 48.1 cm³/mol. The number of nitrogens with zero attached hydrogens (tertiary/aromatic N) is 5. The Bertz CT molecular complexity index is 480. The molecule has 0 aliphatic heterocycles. The molecule has 15 heavy (non-hydrogen) atoms. The van der Waals surface area contributed by atoms with Gasteiger partial charge in [0.1, 0.15) is 17.2 Å². The van der Waals surface area contributed by atoms with Crippen molar-refractivity contribution in [3.63, 3.8) is 0 Å². The van der Waals surface area contributed by atoms with Gasteiger partial charge < -0.3 is 10.2 Å². The quantitative estimate of drug-likeness (QED) is 0.633. The molecule has 0 aliphatic rings. The molecule has 8 heteroatoms. The van der Waals surface area contributed by atoms with Crippen molar-refractivity contribution in [3.8, 4) is 11.5 Å². The highest BCUT2D eigenvalue weighted by Crippen LogP contribution is 2.30. The highest BCUT2D eigenvalue weighted by molar-refractivity contribution is 5.53. The van der Waals surface area contributed by atoms with Crippen molar-refractivity contribution >= 4 is 11.6 Å². The molecule has 0 saturated heterocycles. The van der Waals surface area contributed by atoms with Crippen molar-refractivity contribution in [1.29, 1.82) is 0 Å². The first-order valence-corrected chi connectivity index (χ1v) is 3.93. The Kier molecular flexibility index (Phi) is 2.23. The molecule has 0 unspecified atom stereocenters. The van der Waals surface area contributed by atoms with Crippen molar-refractivity contribution in [2.24, 2.45) is 10.2 Å². The number of aromatic nitrogens is 4. The Morgan fingerprint density at radius 3 is 2.73 bits per heavy atom. The Hall–Kier alpha value is -2.51. The van der Waals surface area contributed by atoms with Gasteiger partial charge in [-0.1, -0.05) is 5.10 Å². The molecule has 8 nitrogen and oxygen atoms in total. The number of H-pyrrole nitrogens is 1. The molecule has 0 aliphatic carbocycles. The van der Waals surface area contributed by atoms with Gasteiger partial charge in [0, 0.05) is 6.07 Å². The number of phenols is 2. The number of benzene rings is 1. The van der Waals surface area contributed by atoms with Crippen LogP contribution in [0, 0.1) is 0 Å². The molecule has 0 fully saturated rings. The summed E-state index contributed by atoms with van der Waals surface area (Å²) < 4.78 is 0. The molecule has 0 atom stereocenters. The van der Waals surface area contributed by atoms with Crippen LogP contribution in [0.4, 0.5) is 11.6 Å². The highest BCUT2D eigenvalue weighted by Gasteiger charge is 2.01. The summed E-state index contributed by atoms with van der Waals surface area (Å²) in [6.07, 6.45) is 0. The third kappa shape index (κ3) is 2.05. The molecule has 0 amide bonds. The van der Waals surface area contributed by atoms with E-state index < -0.39 is 0 Å². The van der Waals surface area contributed by atoms with Gasteiger partial charge in [-0.15, -0.1) is 15.3 Å². The number of hydrogen-bond acceptors (Lipinski definition) is 7. The molecular weight excluding hydrogens is 200 g/mol. The fraction of sp³-hybridized carbons (Fsp3) is 0. The van der Waals surface area contributed by atoms with Gasteiger partial charge in [0.15, 0.2) is 0 Å². The van der Waals surface area contributed by atoms with Crippen molar-refractivity contribution in [2.45, 2.75) is 0 Å². The molecule has 0 bridgehead atoms. The average molecular weight is 206 g/mol. The van der Waals surface area contributed by atoms with E-state index in [2.05, 4.69) is 30.9 Å². The summed E-state index contributed by atoms with van der Waals surface area (Å²) in [7, 11) is 0. The van der Waals surface area contributed by atoms with E-state index in [0.29, 0.717) is 0 Å². The summed E-state index contributed by atoms with van der Waals surface area (Å²) >= 11 is 0. The summed E-state index contributed by atoms with van der Waals surface area (Å²) in [6.45, 7) is 0. The van der Waals surface area contributed by atoms with Crippen LogP contribution in [0.5, 0.6) is 11.5 Å². The second-order valence-corrected chi connectivity index (χ2v) is 2.58. The molecule has 2 aromatic rings. The fourth-order valence-corrected chi connectivity index (χ4v) is 0.894. The standard InChI is InChI=1S/C7H6N6O2/c14-4-1-2-5(6(15)3-4)8-9-7-10-12-13-11-7/h1-3,14-15H,(H,10,11,12,13). The van der Waals surface area contributed by atoms with Gasteiger partial charge in [0.2, 0.25) is 0 Å². The minimum atomic E-state index is -0.178. The topological polar surface area (TPSA) is 120 Å². The fourth-order valence-electron chi connectivity index (χ4n) is 0.894. The lowest BCUT2D eigenvalue weighted by molar-refractivity contribution is 0.451. The van der Waals surface area contributed by atoms with Crippen LogP contribution in [0.15, 0.2) is 28.4 Å². The Morgan fingerprint density at radius 1 is 1.20 bits per heavy atom. The Morgan fingerprint density at radius 2 is 2.07 bits per heavy atom. The number of aromatic amines is 1. The normalized spacial score (nSPS) is 10.9. The number of hydrogen-bond donors (Lipinski definition) is 3. The third-order valence-corrected chi connectivity index (χ3v) is 1.54. The van der Waals surface area contributed by atoms with Crippen LogP contribution < -0.4 is 0 Å². The van der Waals surface area contributed by atoms with Crippen LogP contribution in [0.25, 0.3) is 0 Å². The van der Waals surface area contributed by atoms with Gasteiger partial charge in [-0.2, -0.15) is 5.21 Å². The lowest BCUT2D eigenvalue weighted by Crippen LogP contribution is -1.69. The number of azo groups is 1. The van der Waals surface area contributed by atoms with Gasteiger partial charge >= 0.3 is 5.95 Å². The zero-order valence-corrected chi connectivity index (χ0v) is 7.36. The van der Waals surface area contributed by atoms with Gasteiger partial charge in [-0.3, -0.25) is 0 Å². The Labute approximate surface area is 83.3 Å². The molecule has 1 aromatic heterocycles. The number of rotatable bonds is 2. The minimum absolute atomic E-state index is 0.0500. The minimum Gasteiger partial charge on any atom is -0.508 e. The highest BCUT2D eigenvalue weighted by atomic mass is 16.3. The van der Waals surface area contributed by atoms with E-state index in [0.717, 1.165) is 6.07 Å². The lowest BCUT2D eigenvalue weighted by Gasteiger charge is -1.96. The van der Waals surface area contributed by atoms with Crippen molar-refractivity contribution in [3.05, 3.63) is 18.2 Å². The Balaban J connectivity index is 2.24. The summed E-state index contributed by atoms with van der Waals surface area (Å²) in [5.41, 5.74) is 0.206. The SMILES string of the molecule is Oc1ccc(N=Nc2nn[nH]n2)c(O)c1. The zero-order valence-electron chi connectivity index (χ0n) is 7.36. The third-order valence-electron chi connectivity index (χ3n) is 1.54. The number of nitrogens with one attached hydrogen (secondary N) is 1. The molecule has 0 saturated carbocycles. The van der Waals surface area contributed by atoms with E-state index in [-0.39, 0.29) is 23.1 Å². The monoisotopic (exact) mass is 206 g/mol. The van der Waals surface area contributed by atoms with Crippen molar-refractivity contribution in [2.75, 3.05) is 0 Å². The van der Waals surface area contributed by atoms with Crippen LogP contribution in [-0.2, 0) is 0 Å². The zero-order chi connectivity index (χ0) is 10.7. The molecule has 0 radical (unpaired) electrons. The van der Waals surface area contributed by atoms with E-state index in [9.17, 15) is 5.11 Å². The number of phenolic OH excluding ortho intramolecular Hbond substituents is 2. The molecule has 3 N–H and O–H groups in total. The molecule has 2 rings (SSSR count). The molecular formula is C7H6N6O2. The number of aromatic hydroxyl groups is 2. The maximum absolute atomic E-state index is 9.34. The van der Waals surface area contributed by atoms with E-state index >= 15 is 0 Å². The van der Waals surface area contributed by atoms with Gasteiger partial charge in [-0.25, -0.2) is 0 Å². The van der Waals surface area contributed by atoms with Gasteiger partial charge in [-0.05, 0) is 17.3 Å². The molecule has 1 aromatic carbocycles. The van der Waals surface area contributed by atoms with Crippen LogP contribution in [0.3, 0.4) is 0 Å². The van der Waals surface area contributed by atoms with E-state index in [4.69, 9.17) is 5.11 Å². The summed E-state index contributed by atoms with van der Waals surface area (Å²) in [5, 5.41) is 38.2.